The lowest BCUT2D eigenvalue weighted by Crippen LogP contribution is -2.26. The third-order valence-electron chi connectivity index (χ3n) is 5.04. The Balaban J connectivity index is 1.81. The fourth-order valence-electron chi connectivity index (χ4n) is 3.35. The van der Waals surface area contributed by atoms with E-state index in [0.717, 1.165) is 32.6 Å². The first-order valence-electron chi connectivity index (χ1n) is 9.28. The molecule has 4 aromatic rings. The summed E-state index contributed by atoms with van der Waals surface area (Å²) in [6, 6.07) is 20.2. The third-order valence-corrected chi connectivity index (χ3v) is 5.93. The Labute approximate surface area is 169 Å². The number of aromatic nitrogens is 1. The molecule has 0 aliphatic rings. The van der Waals surface area contributed by atoms with Crippen molar-refractivity contribution in [1.82, 2.24) is 9.88 Å². The van der Waals surface area contributed by atoms with Gasteiger partial charge in [0.05, 0.1) is 21.7 Å². The lowest BCUT2D eigenvalue weighted by molar-refractivity contribution is 0.0787. The number of nitrogens with zero attached hydrogens (tertiary/aromatic N) is 2. The van der Waals surface area contributed by atoms with Gasteiger partial charge in [-0.05, 0) is 60.2 Å². The quantitative estimate of drug-likeness (QED) is 0.441. The SMILES string of the molecule is Cc1cc2nc(-c3cccs3)cc(C(=O)N(C)Cc3ccccc3)c2cc1C. The third kappa shape index (κ3) is 3.56. The van der Waals surface area contributed by atoms with Gasteiger partial charge < -0.3 is 4.90 Å². The van der Waals surface area contributed by atoms with Crippen molar-refractivity contribution in [2.45, 2.75) is 20.4 Å². The number of carbonyl (C=O) groups excluding carboxylic acids is 1. The van der Waals surface area contributed by atoms with Crippen molar-refractivity contribution in [3.8, 4) is 10.6 Å². The summed E-state index contributed by atoms with van der Waals surface area (Å²) in [5.74, 6) is 0.0114. The fourth-order valence-corrected chi connectivity index (χ4v) is 4.03. The molecule has 0 fully saturated rings. The Morgan fingerprint density at radius 3 is 2.46 bits per heavy atom. The molecular formula is C24H22N2OS. The Morgan fingerprint density at radius 2 is 1.75 bits per heavy atom. The predicted molar refractivity (Wildman–Crippen MR) is 117 cm³/mol. The van der Waals surface area contributed by atoms with E-state index >= 15 is 0 Å². The number of aryl methyl sites for hydroxylation is 2. The van der Waals surface area contributed by atoms with Crippen molar-refractivity contribution in [2.75, 3.05) is 7.05 Å². The zero-order chi connectivity index (χ0) is 19.7. The molecule has 28 heavy (non-hydrogen) atoms. The zero-order valence-corrected chi connectivity index (χ0v) is 17.1. The first-order chi connectivity index (χ1) is 13.5. The van der Waals surface area contributed by atoms with E-state index in [2.05, 4.69) is 26.0 Å². The Bertz CT molecular complexity index is 1130. The molecule has 3 nitrogen and oxygen atoms in total. The topological polar surface area (TPSA) is 33.2 Å². The summed E-state index contributed by atoms with van der Waals surface area (Å²) in [4.78, 5) is 21.1. The minimum Gasteiger partial charge on any atom is -0.337 e. The van der Waals surface area contributed by atoms with E-state index < -0.39 is 0 Å². The van der Waals surface area contributed by atoms with E-state index in [9.17, 15) is 4.79 Å². The van der Waals surface area contributed by atoms with Crippen molar-refractivity contribution in [2.24, 2.45) is 0 Å². The van der Waals surface area contributed by atoms with E-state index in [1.54, 1.807) is 16.2 Å². The number of thiophene rings is 1. The first kappa shape index (κ1) is 18.4. The molecule has 0 spiro atoms. The standard InChI is InChI=1S/C24H22N2OS/c1-16-12-19-20(24(27)26(3)15-18-8-5-4-6-9-18)14-22(23-10-7-11-28-23)25-21(19)13-17(16)2/h4-14H,15H2,1-3H3. The zero-order valence-electron chi connectivity index (χ0n) is 16.3. The maximum absolute atomic E-state index is 13.4. The largest absolute Gasteiger partial charge is 0.337 e. The Hall–Kier alpha value is -2.98. The first-order valence-corrected chi connectivity index (χ1v) is 10.2. The molecule has 0 radical (unpaired) electrons. The second-order valence-corrected chi connectivity index (χ2v) is 8.08. The van der Waals surface area contributed by atoms with Crippen LogP contribution in [0.2, 0.25) is 0 Å². The molecule has 2 aromatic carbocycles. The number of fused-ring (bicyclic) bond motifs is 1. The van der Waals surface area contributed by atoms with Crippen LogP contribution in [-0.2, 0) is 6.54 Å². The van der Waals surface area contributed by atoms with Crippen molar-refractivity contribution in [3.05, 3.63) is 88.3 Å². The predicted octanol–water partition coefficient (Wildman–Crippen LogP) is 5.85. The van der Waals surface area contributed by atoms with Crippen LogP contribution in [0.25, 0.3) is 21.5 Å². The van der Waals surface area contributed by atoms with Gasteiger partial charge >= 0.3 is 0 Å². The van der Waals surface area contributed by atoms with Crippen molar-refractivity contribution in [1.29, 1.82) is 0 Å². The molecule has 0 saturated carbocycles. The second kappa shape index (κ2) is 7.56. The number of hydrogen-bond acceptors (Lipinski definition) is 3. The van der Waals surface area contributed by atoms with Crippen molar-refractivity contribution in [3.63, 3.8) is 0 Å². The van der Waals surface area contributed by atoms with Gasteiger partial charge in [0.1, 0.15) is 0 Å². The van der Waals surface area contributed by atoms with Gasteiger partial charge in [0.25, 0.3) is 5.91 Å². The average molecular weight is 387 g/mol. The van der Waals surface area contributed by atoms with Gasteiger partial charge in [-0.3, -0.25) is 4.79 Å². The fraction of sp³-hybridized carbons (Fsp3) is 0.167. The van der Waals surface area contributed by atoms with E-state index in [-0.39, 0.29) is 5.91 Å². The van der Waals surface area contributed by atoms with Gasteiger partial charge in [0.2, 0.25) is 0 Å². The minimum atomic E-state index is 0.0114. The molecule has 1 amide bonds. The molecule has 0 saturated heterocycles. The molecule has 0 unspecified atom stereocenters. The smallest absolute Gasteiger partial charge is 0.254 e. The maximum atomic E-state index is 13.4. The highest BCUT2D eigenvalue weighted by Crippen LogP contribution is 2.30. The van der Waals surface area contributed by atoms with Gasteiger partial charge in [-0.15, -0.1) is 11.3 Å². The maximum Gasteiger partial charge on any atom is 0.254 e. The molecule has 2 aromatic heterocycles. The van der Waals surface area contributed by atoms with E-state index in [1.165, 1.54) is 5.56 Å². The van der Waals surface area contributed by atoms with E-state index in [4.69, 9.17) is 4.98 Å². The average Bonchev–Trinajstić information content (AvgIpc) is 3.23. The van der Waals surface area contributed by atoms with Crippen LogP contribution in [0.4, 0.5) is 0 Å². The second-order valence-electron chi connectivity index (χ2n) is 7.13. The van der Waals surface area contributed by atoms with Gasteiger partial charge in [-0.2, -0.15) is 0 Å². The molecule has 0 N–H and O–H groups in total. The number of rotatable bonds is 4. The lowest BCUT2D eigenvalue weighted by Gasteiger charge is -2.19. The van der Waals surface area contributed by atoms with Crippen molar-refractivity contribution < 1.29 is 4.79 Å². The molecule has 0 aliphatic heterocycles. The summed E-state index contributed by atoms with van der Waals surface area (Å²) < 4.78 is 0. The van der Waals surface area contributed by atoms with E-state index in [0.29, 0.717) is 12.1 Å². The van der Waals surface area contributed by atoms with Crippen LogP contribution in [0.3, 0.4) is 0 Å². The molecular weight excluding hydrogens is 364 g/mol. The summed E-state index contributed by atoms with van der Waals surface area (Å²) in [6.07, 6.45) is 0. The lowest BCUT2D eigenvalue weighted by atomic mass is 10.0. The Morgan fingerprint density at radius 1 is 1.00 bits per heavy atom. The van der Waals surface area contributed by atoms with Crippen LogP contribution in [0.1, 0.15) is 27.0 Å². The monoisotopic (exact) mass is 386 g/mol. The number of carbonyl (C=O) groups is 1. The summed E-state index contributed by atoms with van der Waals surface area (Å²) >= 11 is 1.64. The molecule has 0 bridgehead atoms. The van der Waals surface area contributed by atoms with Crippen LogP contribution in [0.5, 0.6) is 0 Å². The minimum absolute atomic E-state index is 0.0114. The van der Waals surface area contributed by atoms with Gasteiger partial charge in [-0.1, -0.05) is 36.4 Å². The number of hydrogen-bond donors (Lipinski definition) is 0. The van der Waals surface area contributed by atoms with Gasteiger partial charge in [-0.25, -0.2) is 4.98 Å². The molecule has 140 valence electrons. The summed E-state index contributed by atoms with van der Waals surface area (Å²) in [7, 11) is 1.85. The summed E-state index contributed by atoms with van der Waals surface area (Å²) in [5, 5.41) is 2.94. The van der Waals surface area contributed by atoms with Crippen molar-refractivity contribution >= 4 is 28.1 Å². The summed E-state index contributed by atoms with van der Waals surface area (Å²) in [6.45, 7) is 4.73. The molecule has 2 heterocycles. The number of amides is 1. The highest BCUT2D eigenvalue weighted by atomic mass is 32.1. The summed E-state index contributed by atoms with van der Waals surface area (Å²) in [5.41, 5.74) is 5.88. The highest BCUT2D eigenvalue weighted by molar-refractivity contribution is 7.13. The highest BCUT2D eigenvalue weighted by Gasteiger charge is 2.19. The van der Waals surface area contributed by atoms with Crippen LogP contribution < -0.4 is 0 Å². The van der Waals surface area contributed by atoms with Gasteiger partial charge in [0.15, 0.2) is 0 Å². The van der Waals surface area contributed by atoms with E-state index in [1.807, 2.05) is 61.0 Å². The molecule has 0 aliphatic carbocycles. The Kier molecular flexibility index (Phi) is 4.97. The number of pyridine rings is 1. The number of benzene rings is 2. The van der Waals surface area contributed by atoms with Crippen LogP contribution in [0.15, 0.2) is 66.0 Å². The van der Waals surface area contributed by atoms with Crippen LogP contribution in [0, 0.1) is 13.8 Å². The normalized spacial score (nSPS) is 11.0. The molecule has 4 heteroatoms. The molecule has 4 rings (SSSR count). The van der Waals surface area contributed by atoms with Gasteiger partial charge in [0, 0.05) is 19.0 Å². The van der Waals surface area contributed by atoms with Crippen LogP contribution >= 0.6 is 11.3 Å². The molecule has 0 atom stereocenters. The van der Waals surface area contributed by atoms with Crippen LogP contribution in [-0.4, -0.2) is 22.8 Å².